The van der Waals surface area contributed by atoms with Crippen molar-refractivity contribution in [1.29, 1.82) is 0 Å². The van der Waals surface area contributed by atoms with Gasteiger partial charge in [-0.25, -0.2) is 9.59 Å². The van der Waals surface area contributed by atoms with Gasteiger partial charge in [0.15, 0.2) is 0 Å². The largest absolute Gasteiger partial charge is 0.462 e. The van der Waals surface area contributed by atoms with E-state index in [0.29, 0.717) is 22.9 Å². The van der Waals surface area contributed by atoms with Crippen molar-refractivity contribution in [2.24, 2.45) is 0 Å². The Bertz CT molecular complexity index is 1070. The first-order chi connectivity index (χ1) is 17.4. The highest BCUT2D eigenvalue weighted by Crippen LogP contribution is 2.36. The fourth-order valence-electron chi connectivity index (χ4n) is 3.15. The number of unbranched alkanes of at least 4 members (excludes halogenated alkanes) is 2. The van der Waals surface area contributed by atoms with Gasteiger partial charge in [-0.15, -0.1) is 0 Å². The van der Waals surface area contributed by atoms with Crippen LogP contribution in [0.5, 0.6) is 23.0 Å². The van der Waals surface area contributed by atoms with E-state index in [0.717, 1.165) is 25.7 Å². The van der Waals surface area contributed by atoms with Gasteiger partial charge in [0, 0.05) is 11.4 Å². The number of hydrogen-bond acceptors (Lipinski definition) is 8. The Morgan fingerprint density at radius 2 is 1.00 bits per heavy atom. The van der Waals surface area contributed by atoms with Gasteiger partial charge in [-0.2, -0.15) is 0 Å². The van der Waals surface area contributed by atoms with Gasteiger partial charge in [-0.1, -0.05) is 26.7 Å². The van der Waals surface area contributed by atoms with Gasteiger partial charge in [0.25, 0.3) is 0 Å². The molecule has 0 aliphatic heterocycles. The van der Waals surface area contributed by atoms with Crippen molar-refractivity contribution in [2.45, 2.75) is 39.5 Å². The van der Waals surface area contributed by atoms with E-state index in [9.17, 15) is 9.59 Å². The maximum Gasteiger partial charge on any atom is 0.342 e. The van der Waals surface area contributed by atoms with Crippen LogP contribution < -0.4 is 20.9 Å². The van der Waals surface area contributed by atoms with Crippen LogP contribution in [0.2, 0.25) is 0 Å². The molecule has 0 atom stereocenters. The summed E-state index contributed by atoms with van der Waals surface area (Å²) in [5, 5.41) is 0. The van der Waals surface area contributed by atoms with Crippen LogP contribution in [-0.2, 0) is 9.47 Å². The zero-order chi connectivity index (χ0) is 25.9. The molecule has 0 aliphatic carbocycles. The summed E-state index contributed by atoms with van der Waals surface area (Å²) in [5.41, 5.74) is 12.9. The summed E-state index contributed by atoms with van der Waals surface area (Å²) in [7, 11) is 0. The van der Waals surface area contributed by atoms with Crippen molar-refractivity contribution in [2.75, 3.05) is 24.7 Å². The Morgan fingerprint density at radius 3 is 1.33 bits per heavy atom. The molecule has 3 aromatic carbocycles. The number of nitrogen functional groups attached to an aromatic ring is 2. The lowest BCUT2D eigenvalue weighted by atomic mass is 10.1. The molecule has 4 N–H and O–H groups in total. The quantitative estimate of drug-likeness (QED) is 0.170. The summed E-state index contributed by atoms with van der Waals surface area (Å²) in [4.78, 5) is 26.0. The second-order valence-electron chi connectivity index (χ2n) is 8.17. The van der Waals surface area contributed by atoms with Crippen molar-refractivity contribution in [3.05, 3.63) is 71.8 Å². The summed E-state index contributed by atoms with van der Waals surface area (Å²) in [6.07, 6.45) is 3.18. The average Bonchev–Trinajstić information content (AvgIpc) is 2.87. The summed E-state index contributed by atoms with van der Waals surface area (Å²) in [6.45, 7) is 4.51. The number of anilines is 2. The van der Waals surface area contributed by atoms with Crippen LogP contribution in [-0.4, -0.2) is 25.2 Å². The molecule has 3 aromatic rings. The first-order valence-corrected chi connectivity index (χ1v) is 12.0. The predicted octanol–water partition coefficient (Wildman–Crippen LogP) is 6.35. The molecule has 0 radical (unpaired) electrons. The number of esters is 2. The molecule has 3 rings (SSSR count). The number of carbonyl (C=O) groups excluding carboxylic acids is 2. The highest BCUT2D eigenvalue weighted by molar-refractivity contribution is 5.98. The predicted molar refractivity (Wildman–Crippen MR) is 139 cm³/mol. The van der Waals surface area contributed by atoms with E-state index >= 15 is 0 Å². The summed E-state index contributed by atoms with van der Waals surface area (Å²) >= 11 is 0. The van der Waals surface area contributed by atoms with E-state index < -0.39 is 11.9 Å². The van der Waals surface area contributed by atoms with Gasteiger partial charge in [-0.05, 0) is 73.5 Å². The molecule has 0 fully saturated rings. The SMILES string of the molecule is CCCCOC(=O)c1cc(Oc2ccc(N)cc2)c(C(=O)OCCCC)cc1Oc1ccc(N)cc1. The molecule has 0 aromatic heterocycles. The van der Waals surface area contributed by atoms with Crippen molar-refractivity contribution < 1.29 is 28.5 Å². The highest BCUT2D eigenvalue weighted by atomic mass is 16.5. The van der Waals surface area contributed by atoms with Crippen molar-refractivity contribution >= 4 is 23.3 Å². The van der Waals surface area contributed by atoms with Gasteiger partial charge in [0.2, 0.25) is 0 Å². The smallest absolute Gasteiger partial charge is 0.342 e. The molecule has 8 heteroatoms. The second kappa shape index (κ2) is 13.0. The number of nitrogens with two attached hydrogens (primary N) is 2. The van der Waals surface area contributed by atoms with Crippen LogP contribution in [0.1, 0.15) is 60.2 Å². The Labute approximate surface area is 211 Å². The molecule has 0 unspecified atom stereocenters. The lowest BCUT2D eigenvalue weighted by Crippen LogP contribution is -2.12. The maximum atomic E-state index is 13.0. The van der Waals surface area contributed by atoms with E-state index in [4.69, 9.17) is 30.4 Å². The van der Waals surface area contributed by atoms with Gasteiger partial charge in [-0.3, -0.25) is 0 Å². The standard InChI is InChI=1S/C28H32N2O6/c1-3-5-15-33-27(31)23-17-26(36-22-13-9-20(30)10-14-22)24(28(32)34-16-6-4-2)18-25(23)35-21-11-7-19(29)8-12-21/h7-14,17-18H,3-6,15-16,29-30H2,1-2H3. The van der Waals surface area contributed by atoms with E-state index in [-0.39, 0.29) is 35.8 Å². The molecule has 0 heterocycles. The van der Waals surface area contributed by atoms with Crippen molar-refractivity contribution in [1.82, 2.24) is 0 Å². The molecule has 0 amide bonds. The second-order valence-corrected chi connectivity index (χ2v) is 8.17. The summed E-state index contributed by atoms with van der Waals surface area (Å²) in [5.74, 6) is -0.0562. The van der Waals surface area contributed by atoms with Crippen molar-refractivity contribution in [3.63, 3.8) is 0 Å². The minimum Gasteiger partial charge on any atom is -0.462 e. The number of hydrogen-bond donors (Lipinski definition) is 2. The molecule has 0 saturated carbocycles. The van der Waals surface area contributed by atoms with E-state index in [2.05, 4.69) is 0 Å². The molecular formula is C28H32N2O6. The fraction of sp³-hybridized carbons (Fsp3) is 0.286. The topological polar surface area (TPSA) is 123 Å². The fourth-order valence-corrected chi connectivity index (χ4v) is 3.15. The molecule has 36 heavy (non-hydrogen) atoms. The number of carbonyl (C=O) groups is 2. The van der Waals surface area contributed by atoms with Crippen LogP contribution in [0.25, 0.3) is 0 Å². The molecule has 0 aliphatic rings. The van der Waals surface area contributed by atoms with Gasteiger partial charge >= 0.3 is 11.9 Å². The highest BCUT2D eigenvalue weighted by Gasteiger charge is 2.24. The minimum atomic E-state index is -0.595. The van der Waals surface area contributed by atoms with E-state index in [1.807, 2.05) is 13.8 Å². The van der Waals surface area contributed by atoms with Crippen LogP contribution in [0.4, 0.5) is 11.4 Å². The number of ether oxygens (including phenoxy) is 4. The lowest BCUT2D eigenvalue weighted by molar-refractivity contribution is 0.0480. The number of rotatable bonds is 12. The third-order valence-corrected chi connectivity index (χ3v) is 5.20. The first-order valence-electron chi connectivity index (χ1n) is 12.0. The minimum absolute atomic E-state index is 0.110. The first kappa shape index (κ1) is 26.4. The van der Waals surface area contributed by atoms with Crippen LogP contribution in [0.15, 0.2) is 60.7 Å². The summed E-state index contributed by atoms with van der Waals surface area (Å²) < 4.78 is 22.9. The monoisotopic (exact) mass is 492 g/mol. The molecular weight excluding hydrogens is 460 g/mol. The van der Waals surface area contributed by atoms with E-state index in [1.54, 1.807) is 48.5 Å². The molecule has 0 spiro atoms. The Balaban J connectivity index is 2.05. The van der Waals surface area contributed by atoms with Gasteiger partial charge < -0.3 is 30.4 Å². The molecule has 0 bridgehead atoms. The summed E-state index contributed by atoms with van der Waals surface area (Å²) in [6, 6.07) is 16.2. The number of benzene rings is 3. The van der Waals surface area contributed by atoms with Gasteiger partial charge in [0.1, 0.15) is 34.1 Å². The zero-order valence-corrected chi connectivity index (χ0v) is 20.6. The van der Waals surface area contributed by atoms with E-state index in [1.165, 1.54) is 12.1 Å². The third kappa shape index (κ3) is 7.40. The lowest BCUT2D eigenvalue weighted by Gasteiger charge is -2.17. The molecule has 190 valence electrons. The zero-order valence-electron chi connectivity index (χ0n) is 20.6. The van der Waals surface area contributed by atoms with Gasteiger partial charge in [0.05, 0.1) is 13.2 Å². The van der Waals surface area contributed by atoms with Crippen LogP contribution >= 0.6 is 0 Å². The van der Waals surface area contributed by atoms with Crippen LogP contribution in [0, 0.1) is 0 Å². The van der Waals surface area contributed by atoms with Crippen molar-refractivity contribution in [3.8, 4) is 23.0 Å². The Kier molecular flexibility index (Phi) is 9.56. The maximum absolute atomic E-state index is 13.0. The van der Waals surface area contributed by atoms with Crippen LogP contribution in [0.3, 0.4) is 0 Å². The third-order valence-electron chi connectivity index (χ3n) is 5.20. The molecule has 8 nitrogen and oxygen atoms in total. The molecule has 0 saturated heterocycles. The average molecular weight is 493 g/mol. The Morgan fingerprint density at radius 1 is 0.639 bits per heavy atom. The Hall–Kier alpha value is -4.20. The normalized spacial score (nSPS) is 10.5.